The van der Waals surface area contributed by atoms with E-state index in [1.807, 2.05) is 49.4 Å². The Bertz CT molecular complexity index is 888. The second-order valence-corrected chi connectivity index (χ2v) is 6.11. The summed E-state index contributed by atoms with van der Waals surface area (Å²) in [5.74, 6) is 1.78. The molecule has 0 spiro atoms. The van der Waals surface area contributed by atoms with Crippen LogP contribution in [0.25, 0.3) is 11.0 Å². The zero-order chi connectivity index (χ0) is 18.4. The van der Waals surface area contributed by atoms with Crippen molar-refractivity contribution in [2.45, 2.75) is 26.4 Å². The molecule has 1 heterocycles. The molecule has 0 fully saturated rings. The number of nitrogens with zero attached hydrogens (tertiary/aromatic N) is 2. The molecule has 0 bridgehead atoms. The Balaban J connectivity index is 1.43. The first-order chi connectivity index (χ1) is 12.7. The lowest BCUT2D eigenvalue weighted by Crippen LogP contribution is -2.35. The number of carbonyl (C=O) groups is 1. The molecule has 0 aliphatic carbocycles. The van der Waals surface area contributed by atoms with E-state index in [2.05, 4.69) is 26.3 Å². The minimum Gasteiger partial charge on any atom is -0.497 e. The summed E-state index contributed by atoms with van der Waals surface area (Å²) in [6.45, 7) is 3.90. The number of hydrogen-bond donors (Lipinski definition) is 2. The van der Waals surface area contributed by atoms with Crippen molar-refractivity contribution in [1.82, 2.24) is 20.2 Å². The number of hydrogen-bond acceptors (Lipinski definition) is 3. The molecule has 0 radical (unpaired) electrons. The number of ether oxygens (including phenoxy) is 1. The molecule has 2 amide bonds. The lowest BCUT2D eigenvalue weighted by Gasteiger charge is -2.10. The van der Waals surface area contributed by atoms with Crippen LogP contribution in [0.3, 0.4) is 0 Å². The molecule has 2 aromatic carbocycles. The quantitative estimate of drug-likeness (QED) is 0.642. The number of amides is 2. The van der Waals surface area contributed by atoms with E-state index in [9.17, 15) is 4.79 Å². The zero-order valence-corrected chi connectivity index (χ0v) is 15.2. The van der Waals surface area contributed by atoms with Crippen molar-refractivity contribution in [2.75, 3.05) is 13.7 Å². The number of rotatable bonds is 7. The molecule has 136 valence electrons. The monoisotopic (exact) mass is 352 g/mol. The molecule has 0 saturated heterocycles. The molecule has 1 aromatic heterocycles. The molecule has 0 atom stereocenters. The molecule has 26 heavy (non-hydrogen) atoms. The third kappa shape index (κ3) is 4.33. The van der Waals surface area contributed by atoms with Crippen LogP contribution in [0.4, 0.5) is 4.79 Å². The van der Waals surface area contributed by atoms with E-state index >= 15 is 0 Å². The van der Waals surface area contributed by atoms with E-state index in [1.165, 1.54) is 0 Å². The largest absolute Gasteiger partial charge is 0.497 e. The van der Waals surface area contributed by atoms with E-state index in [0.29, 0.717) is 13.1 Å². The Morgan fingerprint density at radius 2 is 2.00 bits per heavy atom. The lowest BCUT2D eigenvalue weighted by atomic mass is 10.2. The van der Waals surface area contributed by atoms with Gasteiger partial charge in [0.1, 0.15) is 11.6 Å². The smallest absolute Gasteiger partial charge is 0.315 e. The van der Waals surface area contributed by atoms with Gasteiger partial charge in [-0.3, -0.25) is 0 Å². The molecular weight excluding hydrogens is 328 g/mol. The molecule has 0 saturated carbocycles. The molecule has 6 nitrogen and oxygen atoms in total. The van der Waals surface area contributed by atoms with Crippen LogP contribution in [0.15, 0.2) is 48.5 Å². The summed E-state index contributed by atoms with van der Waals surface area (Å²) in [6.07, 6.45) is 0.841. The molecule has 6 heteroatoms. The minimum atomic E-state index is -0.167. The SMILES string of the molecule is COc1cccc(CNC(=O)NCCCn2c(C)nc3ccccc32)c1. The van der Waals surface area contributed by atoms with E-state index in [-0.39, 0.29) is 6.03 Å². The van der Waals surface area contributed by atoms with E-state index in [0.717, 1.165) is 41.1 Å². The lowest BCUT2D eigenvalue weighted by molar-refractivity contribution is 0.240. The van der Waals surface area contributed by atoms with Gasteiger partial charge in [0.2, 0.25) is 0 Å². The summed E-state index contributed by atoms with van der Waals surface area (Å²) in [6, 6.07) is 15.6. The van der Waals surface area contributed by atoms with Crippen LogP contribution in [0.1, 0.15) is 17.8 Å². The molecular formula is C20H24N4O2. The van der Waals surface area contributed by atoms with E-state index in [4.69, 9.17) is 4.74 Å². The summed E-state index contributed by atoms with van der Waals surface area (Å²) in [5.41, 5.74) is 3.14. The number of nitrogens with one attached hydrogen (secondary N) is 2. The molecule has 3 aromatic rings. The number of methoxy groups -OCH3 is 1. The Kier molecular flexibility index (Phi) is 5.73. The Labute approximate surface area is 153 Å². The fourth-order valence-electron chi connectivity index (χ4n) is 2.94. The molecule has 0 aliphatic heterocycles. The number of urea groups is 1. The molecule has 0 unspecified atom stereocenters. The summed E-state index contributed by atoms with van der Waals surface area (Å²) >= 11 is 0. The van der Waals surface area contributed by atoms with Gasteiger partial charge in [-0.25, -0.2) is 9.78 Å². The van der Waals surface area contributed by atoms with Gasteiger partial charge in [-0.1, -0.05) is 24.3 Å². The van der Waals surface area contributed by atoms with Crippen molar-refractivity contribution in [3.8, 4) is 5.75 Å². The van der Waals surface area contributed by atoms with Crippen molar-refractivity contribution in [3.63, 3.8) is 0 Å². The van der Waals surface area contributed by atoms with Crippen LogP contribution >= 0.6 is 0 Å². The summed E-state index contributed by atoms with van der Waals surface area (Å²) in [4.78, 5) is 16.5. The Hall–Kier alpha value is -3.02. The second kappa shape index (κ2) is 8.38. The number of aryl methyl sites for hydroxylation is 2. The van der Waals surface area contributed by atoms with Gasteiger partial charge in [0, 0.05) is 19.6 Å². The van der Waals surface area contributed by atoms with Gasteiger partial charge in [-0.2, -0.15) is 0 Å². The van der Waals surface area contributed by atoms with Gasteiger partial charge in [0.05, 0.1) is 18.1 Å². The van der Waals surface area contributed by atoms with Gasteiger partial charge in [0.25, 0.3) is 0 Å². The maximum Gasteiger partial charge on any atom is 0.315 e. The third-order valence-corrected chi connectivity index (χ3v) is 4.28. The van der Waals surface area contributed by atoms with E-state index < -0.39 is 0 Å². The highest BCUT2D eigenvalue weighted by Gasteiger charge is 2.06. The molecule has 0 aliphatic rings. The summed E-state index contributed by atoms with van der Waals surface area (Å²) in [7, 11) is 1.63. The number of fused-ring (bicyclic) bond motifs is 1. The number of imidazole rings is 1. The highest BCUT2D eigenvalue weighted by atomic mass is 16.5. The highest BCUT2D eigenvalue weighted by molar-refractivity contribution is 5.76. The predicted octanol–water partition coefficient (Wildman–Crippen LogP) is 3.24. The standard InChI is InChI=1S/C20H24N4O2/c1-15-23-18-9-3-4-10-19(18)24(15)12-6-11-21-20(25)22-14-16-7-5-8-17(13-16)26-2/h3-5,7-10,13H,6,11-12,14H2,1-2H3,(H2,21,22,25). The molecule has 2 N–H and O–H groups in total. The van der Waals surface area contributed by atoms with Crippen molar-refractivity contribution in [1.29, 1.82) is 0 Å². The zero-order valence-electron chi connectivity index (χ0n) is 15.2. The van der Waals surface area contributed by atoms with Crippen LogP contribution in [0, 0.1) is 6.92 Å². The maximum absolute atomic E-state index is 11.9. The normalized spacial score (nSPS) is 10.7. The van der Waals surface area contributed by atoms with Crippen molar-refractivity contribution in [2.24, 2.45) is 0 Å². The second-order valence-electron chi connectivity index (χ2n) is 6.11. The van der Waals surface area contributed by atoms with Crippen molar-refractivity contribution in [3.05, 3.63) is 59.9 Å². The van der Waals surface area contributed by atoms with Gasteiger partial charge < -0.3 is 19.9 Å². The van der Waals surface area contributed by atoms with Crippen LogP contribution in [0.5, 0.6) is 5.75 Å². The predicted molar refractivity (Wildman–Crippen MR) is 102 cm³/mol. The number of para-hydroxylation sites is 2. The highest BCUT2D eigenvalue weighted by Crippen LogP contribution is 2.15. The first kappa shape index (κ1) is 17.8. The minimum absolute atomic E-state index is 0.167. The average Bonchev–Trinajstić information content (AvgIpc) is 2.99. The van der Waals surface area contributed by atoms with Crippen LogP contribution in [0.2, 0.25) is 0 Å². The topological polar surface area (TPSA) is 68.2 Å². The van der Waals surface area contributed by atoms with Crippen LogP contribution in [-0.2, 0) is 13.1 Å². The fourth-order valence-corrected chi connectivity index (χ4v) is 2.94. The number of aromatic nitrogens is 2. The fraction of sp³-hybridized carbons (Fsp3) is 0.300. The summed E-state index contributed by atoms with van der Waals surface area (Å²) < 4.78 is 7.37. The van der Waals surface area contributed by atoms with Gasteiger partial charge >= 0.3 is 6.03 Å². The van der Waals surface area contributed by atoms with E-state index in [1.54, 1.807) is 7.11 Å². The van der Waals surface area contributed by atoms with Crippen molar-refractivity contribution >= 4 is 17.1 Å². The third-order valence-electron chi connectivity index (χ3n) is 4.28. The van der Waals surface area contributed by atoms with Gasteiger partial charge in [-0.15, -0.1) is 0 Å². The molecule has 3 rings (SSSR count). The van der Waals surface area contributed by atoms with Crippen LogP contribution < -0.4 is 15.4 Å². The first-order valence-corrected chi connectivity index (χ1v) is 8.74. The van der Waals surface area contributed by atoms with Crippen molar-refractivity contribution < 1.29 is 9.53 Å². The van der Waals surface area contributed by atoms with Gasteiger partial charge in [0.15, 0.2) is 0 Å². The van der Waals surface area contributed by atoms with Crippen LogP contribution in [-0.4, -0.2) is 29.2 Å². The van der Waals surface area contributed by atoms with Gasteiger partial charge in [-0.05, 0) is 43.2 Å². The first-order valence-electron chi connectivity index (χ1n) is 8.74. The Morgan fingerprint density at radius 1 is 1.15 bits per heavy atom. The Morgan fingerprint density at radius 3 is 2.85 bits per heavy atom. The summed E-state index contributed by atoms with van der Waals surface area (Å²) in [5, 5.41) is 5.76. The average molecular weight is 352 g/mol. The number of carbonyl (C=O) groups excluding carboxylic acids is 1. The number of benzene rings is 2. The maximum atomic E-state index is 11.9.